The maximum absolute atomic E-state index is 11.9. The Balaban J connectivity index is 2.49. The van der Waals surface area contributed by atoms with Crippen molar-refractivity contribution in [1.29, 1.82) is 0 Å². The van der Waals surface area contributed by atoms with E-state index >= 15 is 0 Å². The van der Waals surface area contributed by atoms with Gasteiger partial charge in [-0.1, -0.05) is 27.2 Å². The molecule has 19 heavy (non-hydrogen) atoms. The summed E-state index contributed by atoms with van der Waals surface area (Å²) >= 11 is 0. The molecule has 2 rings (SSSR count). The average molecular weight is 266 g/mol. The Morgan fingerprint density at radius 3 is 2.42 bits per heavy atom. The fourth-order valence-electron chi connectivity index (χ4n) is 2.88. The van der Waals surface area contributed by atoms with Gasteiger partial charge in [-0.3, -0.25) is 14.3 Å². The van der Waals surface area contributed by atoms with Gasteiger partial charge in [-0.25, -0.2) is 4.79 Å². The van der Waals surface area contributed by atoms with Gasteiger partial charge < -0.3 is 5.11 Å². The number of aromatic hydroxyl groups is 1. The number of rotatable bonds is 4. The van der Waals surface area contributed by atoms with Crippen molar-refractivity contribution in [2.75, 3.05) is 0 Å². The minimum Gasteiger partial charge on any atom is -0.494 e. The van der Waals surface area contributed by atoms with Gasteiger partial charge in [-0.2, -0.15) is 0 Å². The third-order valence-corrected chi connectivity index (χ3v) is 4.44. The van der Waals surface area contributed by atoms with E-state index < -0.39 is 11.2 Å². The van der Waals surface area contributed by atoms with Gasteiger partial charge in [0.25, 0.3) is 5.56 Å². The van der Waals surface area contributed by atoms with Gasteiger partial charge in [-0.15, -0.1) is 0 Å². The standard InChI is InChI=1S/C14H22N2O3/c1-4-14(6-5-7-14)8-16-12(18)10(9(2)3)11(17)15-13(16)19/h9,18H,4-8H2,1-3H3,(H,15,17,19). The third kappa shape index (κ3) is 2.33. The van der Waals surface area contributed by atoms with E-state index in [0.29, 0.717) is 12.1 Å². The first kappa shape index (κ1) is 13.9. The zero-order chi connectivity index (χ0) is 14.2. The fraction of sp³-hybridized carbons (Fsp3) is 0.714. The van der Waals surface area contributed by atoms with Gasteiger partial charge in [0.15, 0.2) is 0 Å². The lowest BCUT2D eigenvalue weighted by atomic mass is 9.67. The van der Waals surface area contributed by atoms with E-state index in [1.54, 1.807) is 0 Å². The molecule has 0 bridgehead atoms. The molecule has 0 unspecified atom stereocenters. The molecular formula is C14H22N2O3. The van der Waals surface area contributed by atoms with E-state index in [0.717, 1.165) is 19.3 Å². The largest absolute Gasteiger partial charge is 0.494 e. The van der Waals surface area contributed by atoms with Crippen LogP contribution in [-0.4, -0.2) is 14.7 Å². The van der Waals surface area contributed by atoms with E-state index in [2.05, 4.69) is 11.9 Å². The predicted molar refractivity (Wildman–Crippen MR) is 73.7 cm³/mol. The van der Waals surface area contributed by atoms with Crippen LogP contribution in [0.3, 0.4) is 0 Å². The van der Waals surface area contributed by atoms with Crippen LogP contribution in [0.1, 0.15) is 57.9 Å². The molecule has 5 nitrogen and oxygen atoms in total. The van der Waals surface area contributed by atoms with Gasteiger partial charge in [0.2, 0.25) is 5.88 Å². The van der Waals surface area contributed by atoms with Crippen LogP contribution in [0.5, 0.6) is 5.88 Å². The second-order valence-corrected chi connectivity index (χ2v) is 5.94. The number of hydrogen-bond donors (Lipinski definition) is 2. The van der Waals surface area contributed by atoms with E-state index in [9.17, 15) is 14.7 Å². The van der Waals surface area contributed by atoms with Crippen LogP contribution < -0.4 is 11.2 Å². The average Bonchev–Trinajstić information content (AvgIpc) is 2.26. The molecule has 1 aromatic rings. The Hall–Kier alpha value is -1.52. The maximum Gasteiger partial charge on any atom is 0.331 e. The molecule has 0 spiro atoms. The molecule has 1 fully saturated rings. The van der Waals surface area contributed by atoms with E-state index in [-0.39, 0.29) is 17.2 Å². The lowest BCUT2D eigenvalue weighted by Crippen LogP contribution is -2.40. The summed E-state index contributed by atoms with van der Waals surface area (Å²) in [7, 11) is 0. The molecule has 0 atom stereocenters. The van der Waals surface area contributed by atoms with E-state index in [1.165, 1.54) is 11.0 Å². The molecule has 0 amide bonds. The molecule has 1 aromatic heterocycles. The quantitative estimate of drug-likeness (QED) is 0.874. The molecule has 0 aromatic carbocycles. The van der Waals surface area contributed by atoms with Gasteiger partial charge in [0, 0.05) is 6.54 Å². The summed E-state index contributed by atoms with van der Waals surface area (Å²) in [4.78, 5) is 26.0. The van der Waals surface area contributed by atoms with Gasteiger partial charge >= 0.3 is 5.69 Å². The summed E-state index contributed by atoms with van der Waals surface area (Å²) in [5, 5.41) is 10.2. The minimum atomic E-state index is -0.508. The summed E-state index contributed by atoms with van der Waals surface area (Å²) in [5.41, 5.74) is -0.585. The number of nitrogens with zero attached hydrogens (tertiary/aromatic N) is 1. The van der Waals surface area contributed by atoms with Crippen molar-refractivity contribution in [3.8, 4) is 5.88 Å². The van der Waals surface area contributed by atoms with Crippen molar-refractivity contribution in [2.45, 2.75) is 58.9 Å². The van der Waals surface area contributed by atoms with Gasteiger partial charge in [0.1, 0.15) is 0 Å². The van der Waals surface area contributed by atoms with Crippen LogP contribution >= 0.6 is 0 Å². The first-order chi connectivity index (χ1) is 8.90. The molecule has 1 aliphatic carbocycles. The second kappa shape index (κ2) is 4.87. The Bertz CT molecular complexity index is 574. The summed E-state index contributed by atoms with van der Waals surface area (Å²) < 4.78 is 1.33. The highest BCUT2D eigenvalue weighted by Gasteiger charge is 2.36. The van der Waals surface area contributed by atoms with Gasteiger partial charge in [0.05, 0.1) is 5.56 Å². The zero-order valence-corrected chi connectivity index (χ0v) is 11.8. The highest BCUT2D eigenvalue weighted by atomic mass is 16.3. The second-order valence-electron chi connectivity index (χ2n) is 5.94. The van der Waals surface area contributed by atoms with Crippen molar-refractivity contribution in [1.82, 2.24) is 9.55 Å². The van der Waals surface area contributed by atoms with Crippen LogP contribution in [0.25, 0.3) is 0 Å². The monoisotopic (exact) mass is 266 g/mol. The van der Waals surface area contributed by atoms with Crippen LogP contribution in [0.4, 0.5) is 0 Å². The number of H-pyrrole nitrogens is 1. The molecule has 1 heterocycles. The van der Waals surface area contributed by atoms with Crippen LogP contribution in [0.15, 0.2) is 9.59 Å². The molecule has 1 aliphatic rings. The van der Waals surface area contributed by atoms with Crippen molar-refractivity contribution in [2.24, 2.45) is 5.41 Å². The highest BCUT2D eigenvalue weighted by Crippen LogP contribution is 2.45. The number of aromatic amines is 1. The topological polar surface area (TPSA) is 75.1 Å². The summed E-state index contributed by atoms with van der Waals surface area (Å²) in [5.74, 6) is -0.280. The highest BCUT2D eigenvalue weighted by molar-refractivity contribution is 5.26. The smallest absolute Gasteiger partial charge is 0.331 e. The maximum atomic E-state index is 11.9. The molecule has 0 aliphatic heterocycles. The number of aromatic nitrogens is 2. The Morgan fingerprint density at radius 2 is 2.00 bits per heavy atom. The molecular weight excluding hydrogens is 244 g/mol. The van der Waals surface area contributed by atoms with E-state index in [1.807, 2.05) is 13.8 Å². The molecule has 1 saturated carbocycles. The molecule has 5 heteroatoms. The first-order valence-corrected chi connectivity index (χ1v) is 6.96. The fourth-order valence-corrected chi connectivity index (χ4v) is 2.88. The number of hydrogen-bond acceptors (Lipinski definition) is 3. The van der Waals surface area contributed by atoms with Crippen molar-refractivity contribution < 1.29 is 5.11 Å². The van der Waals surface area contributed by atoms with Crippen LogP contribution in [-0.2, 0) is 6.54 Å². The normalized spacial score (nSPS) is 17.5. The Kier molecular flexibility index (Phi) is 3.56. The Labute approximate surface area is 112 Å². The zero-order valence-electron chi connectivity index (χ0n) is 11.8. The lowest BCUT2D eigenvalue weighted by Gasteiger charge is -2.41. The summed E-state index contributed by atoms with van der Waals surface area (Å²) in [6.45, 7) is 6.26. The van der Waals surface area contributed by atoms with Crippen LogP contribution in [0, 0.1) is 5.41 Å². The van der Waals surface area contributed by atoms with E-state index in [4.69, 9.17) is 0 Å². The van der Waals surface area contributed by atoms with Crippen molar-refractivity contribution in [3.63, 3.8) is 0 Å². The predicted octanol–water partition coefficient (Wildman–Crippen LogP) is 1.95. The van der Waals surface area contributed by atoms with Crippen molar-refractivity contribution in [3.05, 3.63) is 26.4 Å². The number of nitrogens with one attached hydrogen (secondary N) is 1. The Morgan fingerprint density at radius 1 is 1.37 bits per heavy atom. The summed E-state index contributed by atoms with van der Waals surface area (Å²) in [6, 6.07) is 0. The molecule has 106 valence electrons. The van der Waals surface area contributed by atoms with Crippen molar-refractivity contribution >= 4 is 0 Å². The first-order valence-electron chi connectivity index (χ1n) is 6.96. The molecule has 2 N–H and O–H groups in total. The SMILES string of the molecule is CCC1(Cn2c(O)c(C(C)C)c(=O)[nH]c2=O)CCC1. The minimum absolute atomic E-state index is 0.105. The molecule has 0 radical (unpaired) electrons. The summed E-state index contributed by atoms with van der Waals surface area (Å²) in [6.07, 6.45) is 4.30. The third-order valence-electron chi connectivity index (χ3n) is 4.44. The lowest BCUT2D eigenvalue weighted by molar-refractivity contribution is 0.0937. The van der Waals surface area contributed by atoms with Gasteiger partial charge in [-0.05, 0) is 30.6 Å². The molecule has 0 saturated heterocycles. The van der Waals surface area contributed by atoms with Crippen LogP contribution in [0.2, 0.25) is 0 Å².